The second kappa shape index (κ2) is 6.66. The lowest BCUT2D eigenvalue weighted by atomic mass is 10.2. The van der Waals surface area contributed by atoms with E-state index >= 15 is 0 Å². The molecule has 21 heavy (non-hydrogen) atoms. The first-order chi connectivity index (χ1) is 9.97. The number of thioether (sulfide) groups is 1. The molecule has 0 radical (unpaired) electrons. The first kappa shape index (κ1) is 16.1. The number of nitrogens with zero attached hydrogens (tertiary/aromatic N) is 1. The number of aryl methyl sites for hydroxylation is 2. The maximum atomic E-state index is 12.5. The van der Waals surface area contributed by atoms with Crippen molar-refractivity contribution in [3.8, 4) is 0 Å². The van der Waals surface area contributed by atoms with Gasteiger partial charge in [0.25, 0.3) is 5.91 Å². The number of carbonyl (C=O) groups excluding carboxylic acids is 1. The second-order valence-corrected chi connectivity index (χ2v) is 7.06. The Labute approximate surface area is 133 Å². The fraction of sp³-hybridized carbons (Fsp3) is 0.467. The Bertz CT molecular complexity index is 666. The summed E-state index contributed by atoms with van der Waals surface area (Å²) in [4.78, 5) is 17.5. The molecule has 4 nitrogen and oxygen atoms in total. The first-order valence-corrected chi connectivity index (χ1v) is 9.15. The molecule has 1 unspecified atom stereocenters. The van der Waals surface area contributed by atoms with Gasteiger partial charge in [0.2, 0.25) is 0 Å². The zero-order valence-electron chi connectivity index (χ0n) is 12.8. The molecule has 0 saturated carbocycles. The summed E-state index contributed by atoms with van der Waals surface area (Å²) in [5.41, 5.74) is 8.57. The Morgan fingerprint density at radius 1 is 1.52 bits per heavy atom. The van der Waals surface area contributed by atoms with Crippen LogP contribution in [0, 0.1) is 13.8 Å². The van der Waals surface area contributed by atoms with Crippen LogP contribution in [0.2, 0.25) is 0 Å². The lowest BCUT2D eigenvalue weighted by molar-refractivity contribution is 0.0945. The van der Waals surface area contributed by atoms with E-state index in [-0.39, 0.29) is 11.9 Å². The van der Waals surface area contributed by atoms with Crippen molar-refractivity contribution >= 4 is 44.8 Å². The van der Waals surface area contributed by atoms with E-state index in [0.717, 1.165) is 33.6 Å². The number of anilines is 1. The smallest absolute Gasteiger partial charge is 0.263 e. The van der Waals surface area contributed by atoms with Crippen LogP contribution < -0.4 is 11.1 Å². The summed E-state index contributed by atoms with van der Waals surface area (Å²) in [6.45, 7) is 5.96. The Morgan fingerprint density at radius 3 is 2.86 bits per heavy atom. The minimum absolute atomic E-state index is 0.0772. The van der Waals surface area contributed by atoms with Gasteiger partial charge < -0.3 is 11.1 Å². The van der Waals surface area contributed by atoms with E-state index < -0.39 is 0 Å². The number of amides is 1. The number of pyridine rings is 1. The number of nitrogens with two attached hydrogens (primary N) is 1. The highest BCUT2D eigenvalue weighted by atomic mass is 32.2. The first-order valence-electron chi connectivity index (χ1n) is 6.93. The van der Waals surface area contributed by atoms with Gasteiger partial charge in [-0.2, -0.15) is 11.8 Å². The van der Waals surface area contributed by atoms with Crippen molar-refractivity contribution in [3.05, 3.63) is 22.3 Å². The molecular weight excluding hydrogens is 302 g/mol. The Kier molecular flexibility index (Phi) is 5.11. The monoisotopic (exact) mass is 323 g/mol. The maximum absolute atomic E-state index is 12.5. The average Bonchev–Trinajstić information content (AvgIpc) is 2.75. The third-order valence-electron chi connectivity index (χ3n) is 3.42. The molecule has 0 bridgehead atoms. The summed E-state index contributed by atoms with van der Waals surface area (Å²) < 4.78 is 1.03. The van der Waals surface area contributed by atoms with Gasteiger partial charge in [0, 0.05) is 33.3 Å². The SMILES string of the molecule is CCC(CSC)NC(=O)c1sc2cc(C)nc(C)c2c1N. The van der Waals surface area contributed by atoms with Gasteiger partial charge in [-0.05, 0) is 32.6 Å². The maximum Gasteiger partial charge on any atom is 0.263 e. The van der Waals surface area contributed by atoms with Crippen LogP contribution in [-0.4, -0.2) is 28.9 Å². The molecule has 0 saturated heterocycles. The topological polar surface area (TPSA) is 68.0 Å². The number of hydrogen-bond donors (Lipinski definition) is 2. The number of hydrogen-bond acceptors (Lipinski definition) is 5. The molecule has 2 rings (SSSR count). The molecule has 2 heterocycles. The Hall–Kier alpha value is -1.27. The molecular formula is C15H21N3OS2. The van der Waals surface area contributed by atoms with Gasteiger partial charge in [-0.3, -0.25) is 9.78 Å². The number of nitrogen functional groups attached to an aromatic ring is 1. The predicted molar refractivity (Wildman–Crippen MR) is 93.4 cm³/mol. The summed E-state index contributed by atoms with van der Waals surface area (Å²) in [6.07, 6.45) is 2.96. The standard InChI is InChI=1S/C15H21N3OS2/c1-5-10(7-20-4)18-15(19)14-13(16)12-9(3)17-8(2)6-11(12)21-14/h6,10H,5,7,16H2,1-4H3,(H,18,19). The van der Waals surface area contributed by atoms with Crippen LogP contribution in [0.25, 0.3) is 10.1 Å². The van der Waals surface area contributed by atoms with Crippen LogP contribution >= 0.6 is 23.1 Å². The van der Waals surface area contributed by atoms with Crippen LogP contribution in [0.3, 0.4) is 0 Å². The molecule has 0 spiro atoms. The van der Waals surface area contributed by atoms with Crippen molar-refractivity contribution in [3.63, 3.8) is 0 Å². The highest BCUT2D eigenvalue weighted by Gasteiger charge is 2.20. The summed E-state index contributed by atoms with van der Waals surface area (Å²) in [7, 11) is 0. The van der Waals surface area contributed by atoms with Crippen molar-refractivity contribution in [1.29, 1.82) is 0 Å². The molecule has 2 aromatic heterocycles. The van der Waals surface area contributed by atoms with E-state index in [1.807, 2.05) is 26.2 Å². The number of thiophene rings is 1. The van der Waals surface area contributed by atoms with Crippen LogP contribution in [0.1, 0.15) is 34.4 Å². The van der Waals surface area contributed by atoms with Crippen molar-refractivity contribution in [2.24, 2.45) is 0 Å². The van der Waals surface area contributed by atoms with E-state index in [1.165, 1.54) is 11.3 Å². The van der Waals surface area contributed by atoms with E-state index in [9.17, 15) is 4.79 Å². The molecule has 0 aliphatic heterocycles. The van der Waals surface area contributed by atoms with Crippen molar-refractivity contribution in [2.45, 2.75) is 33.2 Å². The predicted octanol–water partition coefficient (Wildman–Crippen LogP) is 3.37. The molecule has 1 atom stereocenters. The minimum Gasteiger partial charge on any atom is -0.397 e. The molecule has 0 aliphatic rings. The third kappa shape index (κ3) is 3.32. The molecule has 2 aromatic rings. The summed E-state index contributed by atoms with van der Waals surface area (Å²) in [5.74, 6) is 0.832. The zero-order valence-corrected chi connectivity index (χ0v) is 14.5. The lowest BCUT2D eigenvalue weighted by Crippen LogP contribution is -2.36. The molecule has 3 N–H and O–H groups in total. The van der Waals surface area contributed by atoms with Gasteiger partial charge in [0.15, 0.2) is 0 Å². The summed E-state index contributed by atoms with van der Waals surface area (Å²) >= 11 is 3.18. The second-order valence-electron chi connectivity index (χ2n) is 5.10. The summed E-state index contributed by atoms with van der Waals surface area (Å²) in [6, 6.07) is 2.16. The zero-order chi connectivity index (χ0) is 15.6. The van der Waals surface area contributed by atoms with Crippen LogP contribution in [0.4, 0.5) is 5.69 Å². The normalized spacial score (nSPS) is 12.6. The van der Waals surface area contributed by atoms with Gasteiger partial charge in [-0.1, -0.05) is 6.92 Å². The highest BCUT2D eigenvalue weighted by molar-refractivity contribution is 7.98. The van der Waals surface area contributed by atoms with E-state index in [4.69, 9.17) is 5.73 Å². The Balaban J connectivity index is 2.36. The largest absolute Gasteiger partial charge is 0.397 e. The Morgan fingerprint density at radius 2 is 2.24 bits per heavy atom. The average molecular weight is 323 g/mol. The molecule has 1 amide bonds. The fourth-order valence-electron chi connectivity index (χ4n) is 2.36. The molecule has 0 aliphatic carbocycles. The van der Waals surface area contributed by atoms with Gasteiger partial charge in [-0.25, -0.2) is 0 Å². The molecule has 0 aromatic carbocycles. The van der Waals surface area contributed by atoms with Crippen molar-refractivity contribution in [2.75, 3.05) is 17.7 Å². The third-order valence-corrected chi connectivity index (χ3v) is 5.31. The van der Waals surface area contributed by atoms with E-state index in [2.05, 4.69) is 17.2 Å². The number of carbonyl (C=O) groups is 1. The van der Waals surface area contributed by atoms with Crippen molar-refractivity contribution < 1.29 is 4.79 Å². The molecule has 6 heteroatoms. The van der Waals surface area contributed by atoms with E-state index in [0.29, 0.717) is 10.6 Å². The quantitative estimate of drug-likeness (QED) is 0.885. The van der Waals surface area contributed by atoms with Crippen LogP contribution in [0.15, 0.2) is 6.07 Å². The number of nitrogens with one attached hydrogen (secondary N) is 1. The lowest BCUT2D eigenvalue weighted by Gasteiger charge is -2.15. The van der Waals surface area contributed by atoms with Gasteiger partial charge in [0.05, 0.1) is 5.69 Å². The van der Waals surface area contributed by atoms with Gasteiger partial charge in [0.1, 0.15) is 4.88 Å². The van der Waals surface area contributed by atoms with Crippen LogP contribution in [-0.2, 0) is 0 Å². The van der Waals surface area contributed by atoms with Crippen LogP contribution in [0.5, 0.6) is 0 Å². The fourth-order valence-corrected chi connectivity index (χ4v) is 4.26. The summed E-state index contributed by atoms with van der Waals surface area (Å²) in [5, 5.41) is 3.98. The minimum atomic E-state index is -0.0772. The molecule has 114 valence electrons. The number of fused-ring (bicyclic) bond motifs is 1. The highest BCUT2D eigenvalue weighted by Crippen LogP contribution is 2.35. The van der Waals surface area contributed by atoms with Crippen molar-refractivity contribution in [1.82, 2.24) is 10.3 Å². The van der Waals surface area contributed by atoms with E-state index in [1.54, 1.807) is 11.8 Å². The molecule has 0 fully saturated rings. The van der Waals surface area contributed by atoms with Gasteiger partial charge in [-0.15, -0.1) is 11.3 Å². The number of aromatic nitrogens is 1. The van der Waals surface area contributed by atoms with Gasteiger partial charge >= 0.3 is 0 Å². The number of rotatable bonds is 5.